The molecule has 1 N–H and O–H groups in total. The highest BCUT2D eigenvalue weighted by molar-refractivity contribution is 8.14. The van der Waals surface area contributed by atoms with Gasteiger partial charge in [0.15, 0.2) is 5.17 Å². The van der Waals surface area contributed by atoms with Gasteiger partial charge in [0.25, 0.3) is 5.72 Å². The van der Waals surface area contributed by atoms with Crippen LogP contribution in [0, 0.1) is 5.82 Å². The minimum Gasteiger partial charge on any atom is -0.362 e. The Bertz CT molecular complexity index is 749. The number of hydrogen-bond acceptors (Lipinski definition) is 3. The van der Waals surface area contributed by atoms with Gasteiger partial charge in [-0.1, -0.05) is 30.0 Å². The zero-order chi connectivity index (χ0) is 17.4. The van der Waals surface area contributed by atoms with E-state index in [1.165, 1.54) is 36.4 Å². The highest BCUT2D eigenvalue weighted by Crippen LogP contribution is 2.45. The molecular formula is C16H12F4N2OS. The lowest BCUT2D eigenvalue weighted by atomic mass is 10.2. The molecule has 1 unspecified atom stereocenters. The molecule has 1 aliphatic rings. The number of alkyl halides is 3. The Labute approximate surface area is 139 Å². The fourth-order valence-electron chi connectivity index (χ4n) is 2.27. The van der Waals surface area contributed by atoms with Crippen LogP contribution in [0.4, 0.5) is 28.9 Å². The number of nitrogens with zero attached hydrogens (tertiary/aromatic N) is 2. The van der Waals surface area contributed by atoms with Gasteiger partial charge in [-0.15, -0.1) is 0 Å². The van der Waals surface area contributed by atoms with E-state index in [1.807, 2.05) is 0 Å². The number of aliphatic imine (C=N–C) groups is 1. The van der Waals surface area contributed by atoms with Crippen molar-refractivity contribution in [2.75, 3.05) is 10.7 Å². The van der Waals surface area contributed by atoms with Crippen LogP contribution >= 0.6 is 11.8 Å². The highest BCUT2D eigenvalue weighted by Gasteiger charge is 2.62. The molecule has 1 heterocycles. The zero-order valence-corrected chi connectivity index (χ0v) is 13.0. The third-order valence-corrected chi connectivity index (χ3v) is 4.56. The van der Waals surface area contributed by atoms with Gasteiger partial charge in [0, 0.05) is 5.69 Å². The molecule has 126 valence electrons. The number of halogens is 4. The number of rotatable bonds is 2. The van der Waals surface area contributed by atoms with Gasteiger partial charge in [-0.05, 0) is 36.4 Å². The topological polar surface area (TPSA) is 35.8 Å². The molecule has 1 fully saturated rings. The van der Waals surface area contributed by atoms with Gasteiger partial charge >= 0.3 is 6.18 Å². The maximum absolute atomic E-state index is 13.4. The van der Waals surface area contributed by atoms with E-state index in [1.54, 1.807) is 18.2 Å². The molecule has 2 aromatic rings. The van der Waals surface area contributed by atoms with Crippen molar-refractivity contribution in [2.45, 2.75) is 11.9 Å². The Hall–Kier alpha value is -2.06. The standard InChI is InChI=1S/C16H12F4N2OS/c17-11-6-8-12(9-7-11)21-14-22(13-4-2-1-3-5-13)15(23,10-24-14)16(18,19)20/h1-9,23H,10H2. The van der Waals surface area contributed by atoms with E-state index < -0.39 is 23.5 Å². The third-order valence-electron chi connectivity index (χ3n) is 3.48. The number of amidine groups is 1. The highest BCUT2D eigenvalue weighted by atomic mass is 32.2. The molecule has 1 atom stereocenters. The minimum absolute atomic E-state index is 0.00682. The summed E-state index contributed by atoms with van der Waals surface area (Å²) in [7, 11) is 0. The molecule has 0 spiro atoms. The zero-order valence-electron chi connectivity index (χ0n) is 12.2. The van der Waals surface area contributed by atoms with Gasteiger partial charge in [-0.2, -0.15) is 13.2 Å². The number of anilines is 1. The number of aliphatic hydroxyl groups is 1. The summed E-state index contributed by atoms with van der Waals surface area (Å²) in [6.07, 6.45) is -4.87. The molecule has 0 aliphatic carbocycles. The fourth-order valence-corrected chi connectivity index (χ4v) is 3.45. The predicted octanol–water partition coefficient (Wildman–Crippen LogP) is 4.32. The predicted molar refractivity (Wildman–Crippen MR) is 85.9 cm³/mol. The van der Waals surface area contributed by atoms with Crippen LogP contribution < -0.4 is 4.90 Å². The third kappa shape index (κ3) is 2.99. The summed E-state index contributed by atoms with van der Waals surface area (Å²) in [4.78, 5) is 4.91. The van der Waals surface area contributed by atoms with Crippen molar-refractivity contribution in [1.82, 2.24) is 0 Å². The van der Waals surface area contributed by atoms with Gasteiger partial charge in [0.2, 0.25) is 0 Å². The van der Waals surface area contributed by atoms with E-state index >= 15 is 0 Å². The summed E-state index contributed by atoms with van der Waals surface area (Å²) in [5.41, 5.74) is -2.59. The van der Waals surface area contributed by atoms with Crippen LogP contribution in [0.1, 0.15) is 0 Å². The van der Waals surface area contributed by atoms with Crippen molar-refractivity contribution in [3.05, 3.63) is 60.4 Å². The maximum Gasteiger partial charge on any atom is 0.437 e. The second-order valence-electron chi connectivity index (χ2n) is 5.14. The molecule has 0 saturated carbocycles. The van der Waals surface area contributed by atoms with Gasteiger partial charge in [-0.25, -0.2) is 9.38 Å². The van der Waals surface area contributed by atoms with Crippen molar-refractivity contribution in [3.8, 4) is 0 Å². The first-order valence-electron chi connectivity index (χ1n) is 6.93. The van der Waals surface area contributed by atoms with Crippen molar-refractivity contribution in [2.24, 2.45) is 4.99 Å². The Morgan fingerprint density at radius 1 is 1.04 bits per heavy atom. The van der Waals surface area contributed by atoms with Crippen LogP contribution in [0.5, 0.6) is 0 Å². The van der Waals surface area contributed by atoms with Crippen molar-refractivity contribution >= 4 is 28.3 Å². The van der Waals surface area contributed by atoms with Crippen molar-refractivity contribution in [3.63, 3.8) is 0 Å². The maximum atomic E-state index is 13.4. The Kier molecular flexibility index (Phi) is 4.27. The second kappa shape index (κ2) is 6.10. The first kappa shape index (κ1) is 16.8. The van der Waals surface area contributed by atoms with Gasteiger partial charge in [-0.3, -0.25) is 4.90 Å². The minimum atomic E-state index is -4.87. The van der Waals surface area contributed by atoms with E-state index in [9.17, 15) is 22.7 Å². The quantitative estimate of drug-likeness (QED) is 0.814. The molecule has 1 saturated heterocycles. The summed E-state index contributed by atoms with van der Waals surface area (Å²) < 4.78 is 53.3. The van der Waals surface area contributed by atoms with Gasteiger partial charge in [0.05, 0.1) is 11.4 Å². The molecule has 0 amide bonds. The summed E-state index contributed by atoms with van der Waals surface area (Å²) in [5.74, 6) is -1.07. The molecular weight excluding hydrogens is 344 g/mol. The summed E-state index contributed by atoms with van der Waals surface area (Å²) in [6, 6.07) is 12.8. The first-order valence-corrected chi connectivity index (χ1v) is 7.91. The van der Waals surface area contributed by atoms with E-state index in [4.69, 9.17) is 0 Å². The molecule has 3 nitrogen and oxygen atoms in total. The first-order chi connectivity index (χ1) is 11.3. The average molecular weight is 356 g/mol. The number of thioether (sulfide) groups is 1. The molecule has 2 aromatic carbocycles. The average Bonchev–Trinajstić information content (AvgIpc) is 2.88. The largest absolute Gasteiger partial charge is 0.437 e. The van der Waals surface area contributed by atoms with Crippen LogP contribution in [-0.4, -0.2) is 27.9 Å². The molecule has 8 heteroatoms. The second-order valence-corrected chi connectivity index (χ2v) is 6.09. The van der Waals surface area contributed by atoms with Crippen molar-refractivity contribution in [1.29, 1.82) is 0 Å². The fraction of sp³-hybridized carbons (Fsp3) is 0.188. The normalized spacial score (nSPS) is 23.0. The summed E-state index contributed by atoms with van der Waals surface area (Å²) in [6.45, 7) is 0. The van der Waals surface area contributed by atoms with Crippen LogP contribution in [-0.2, 0) is 0 Å². The number of benzene rings is 2. The van der Waals surface area contributed by atoms with E-state index in [2.05, 4.69) is 4.99 Å². The van der Waals surface area contributed by atoms with Crippen LogP contribution in [0.2, 0.25) is 0 Å². The van der Waals surface area contributed by atoms with Crippen LogP contribution in [0.15, 0.2) is 59.6 Å². The smallest absolute Gasteiger partial charge is 0.362 e. The van der Waals surface area contributed by atoms with Crippen LogP contribution in [0.3, 0.4) is 0 Å². The van der Waals surface area contributed by atoms with Crippen LogP contribution in [0.25, 0.3) is 0 Å². The lowest BCUT2D eigenvalue weighted by Crippen LogP contribution is -2.58. The van der Waals surface area contributed by atoms with Gasteiger partial charge < -0.3 is 5.11 Å². The molecule has 0 bridgehead atoms. The van der Waals surface area contributed by atoms with E-state index in [0.29, 0.717) is 5.69 Å². The molecule has 1 aliphatic heterocycles. The molecule has 0 radical (unpaired) electrons. The SMILES string of the molecule is OC1(C(F)(F)F)CSC(=Nc2ccc(F)cc2)N1c1ccccc1. The van der Waals surface area contributed by atoms with E-state index in [-0.39, 0.29) is 10.9 Å². The number of para-hydroxylation sites is 1. The Balaban J connectivity index is 2.07. The Morgan fingerprint density at radius 3 is 2.25 bits per heavy atom. The summed E-state index contributed by atoms with van der Waals surface area (Å²) >= 11 is 0.790. The van der Waals surface area contributed by atoms with E-state index in [0.717, 1.165) is 16.7 Å². The lowest BCUT2D eigenvalue weighted by Gasteiger charge is -2.35. The summed E-state index contributed by atoms with van der Waals surface area (Å²) in [5, 5.41) is 10.3. The monoisotopic (exact) mass is 356 g/mol. The lowest BCUT2D eigenvalue weighted by molar-refractivity contribution is -0.244. The molecule has 24 heavy (non-hydrogen) atoms. The number of hydrogen-bond donors (Lipinski definition) is 1. The van der Waals surface area contributed by atoms with Crippen molar-refractivity contribution < 1.29 is 22.7 Å². The molecule has 0 aromatic heterocycles. The Morgan fingerprint density at radius 2 is 1.67 bits per heavy atom. The molecule has 3 rings (SSSR count). The van der Waals surface area contributed by atoms with Gasteiger partial charge in [0.1, 0.15) is 5.82 Å².